The van der Waals surface area contributed by atoms with Crippen LogP contribution in [0.1, 0.15) is 11.1 Å². The first-order chi connectivity index (χ1) is 9.67. The van der Waals surface area contributed by atoms with E-state index in [0.29, 0.717) is 17.7 Å². The van der Waals surface area contributed by atoms with Crippen LogP contribution in [0.15, 0.2) is 48.5 Å². The normalized spacial score (nSPS) is 9.80. The molecule has 1 N–H and O–H groups in total. The number of halogens is 1. The number of nitriles is 1. The second kappa shape index (κ2) is 6.48. The van der Waals surface area contributed by atoms with Crippen LogP contribution >= 0.6 is 0 Å². The van der Waals surface area contributed by atoms with E-state index in [-0.39, 0.29) is 18.1 Å². The second-order valence-electron chi connectivity index (χ2n) is 4.39. The molecular formula is C16H13FN2O. The van der Waals surface area contributed by atoms with Crippen LogP contribution in [-0.2, 0) is 17.6 Å². The Morgan fingerprint density at radius 3 is 2.55 bits per heavy atom. The largest absolute Gasteiger partial charge is 0.326 e. The van der Waals surface area contributed by atoms with Crippen molar-refractivity contribution in [3.05, 3.63) is 65.5 Å². The lowest BCUT2D eigenvalue weighted by Crippen LogP contribution is -2.14. The fourth-order valence-electron chi connectivity index (χ4n) is 1.83. The van der Waals surface area contributed by atoms with E-state index >= 15 is 0 Å². The number of benzene rings is 2. The molecule has 0 aliphatic carbocycles. The minimum Gasteiger partial charge on any atom is -0.326 e. The zero-order chi connectivity index (χ0) is 14.4. The Morgan fingerprint density at radius 2 is 1.90 bits per heavy atom. The summed E-state index contributed by atoms with van der Waals surface area (Å²) in [5.74, 6) is -0.556. The first-order valence-corrected chi connectivity index (χ1v) is 6.17. The molecule has 0 aliphatic heterocycles. The molecule has 4 heteroatoms. The summed E-state index contributed by atoms with van der Waals surface area (Å²) in [6.45, 7) is 0. The topological polar surface area (TPSA) is 52.9 Å². The summed E-state index contributed by atoms with van der Waals surface area (Å²) in [5, 5.41) is 11.3. The third-order valence-corrected chi connectivity index (χ3v) is 2.77. The molecule has 0 aromatic heterocycles. The number of rotatable bonds is 4. The molecule has 0 heterocycles. The van der Waals surface area contributed by atoms with E-state index in [1.807, 2.05) is 0 Å². The summed E-state index contributed by atoms with van der Waals surface area (Å²) in [7, 11) is 0. The van der Waals surface area contributed by atoms with Gasteiger partial charge in [-0.2, -0.15) is 5.26 Å². The van der Waals surface area contributed by atoms with Gasteiger partial charge in [0, 0.05) is 5.69 Å². The zero-order valence-corrected chi connectivity index (χ0v) is 10.8. The molecule has 0 bridgehead atoms. The molecule has 0 spiro atoms. The molecule has 100 valence electrons. The molecule has 0 unspecified atom stereocenters. The van der Waals surface area contributed by atoms with Gasteiger partial charge in [0.15, 0.2) is 0 Å². The monoisotopic (exact) mass is 268 g/mol. The van der Waals surface area contributed by atoms with E-state index in [9.17, 15) is 9.18 Å². The van der Waals surface area contributed by atoms with E-state index in [1.165, 1.54) is 12.1 Å². The zero-order valence-electron chi connectivity index (χ0n) is 10.8. The molecule has 0 radical (unpaired) electrons. The van der Waals surface area contributed by atoms with Crippen LogP contribution in [0, 0.1) is 17.1 Å². The van der Waals surface area contributed by atoms with E-state index in [1.54, 1.807) is 36.4 Å². The van der Waals surface area contributed by atoms with Crippen molar-refractivity contribution < 1.29 is 9.18 Å². The highest BCUT2D eigenvalue weighted by atomic mass is 19.1. The third kappa shape index (κ3) is 3.92. The van der Waals surface area contributed by atoms with E-state index in [2.05, 4.69) is 11.4 Å². The molecule has 0 saturated heterocycles. The molecule has 0 saturated carbocycles. The summed E-state index contributed by atoms with van der Waals surface area (Å²) in [4.78, 5) is 11.8. The number of hydrogen-bond acceptors (Lipinski definition) is 2. The van der Waals surface area contributed by atoms with Gasteiger partial charge < -0.3 is 5.32 Å². The highest BCUT2D eigenvalue weighted by Gasteiger charge is 2.05. The molecule has 0 fully saturated rings. The lowest BCUT2D eigenvalue weighted by molar-refractivity contribution is -0.115. The Morgan fingerprint density at radius 1 is 1.15 bits per heavy atom. The SMILES string of the molecule is N#CCc1ccc(NC(=O)Cc2cccc(F)c2)cc1. The quantitative estimate of drug-likeness (QED) is 0.926. The standard InChI is InChI=1S/C16H13FN2O/c17-14-3-1-2-13(10-14)11-16(20)19-15-6-4-12(5-7-15)8-9-18/h1-7,10H,8,11H2,(H,19,20). The molecule has 2 aromatic rings. The molecule has 20 heavy (non-hydrogen) atoms. The van der Waals surface area contributed by atoms with Gasteiger partial charge in [-0.25, -0.2) is 4.39 Å². The van der Waals surface area contributed by atoms with Gasteiger partial charge in [-0.1, -0.05) is 24.3 Å². The van der Waals surface area contributed by atoms with Gasteiger partial charge in [0.2, 0.25) is 5.91 Å². The molecule has 2 rings (SSSR count). The van der Waals surface area contributed by atoms with Gasteiger partial charge in [0.05, 0.1) is 18.9 Å². The Kier molecular flexibility index (Phi) is 4.46. The number of anilines is 1. The molecule has 0 atom stereocenters. The lowest BCUT2D eigenvalue weighted by Gasteiger charge is -2.06. The van der Waals surface area contributed by atoms with Crippen molar-refractivity contribution in [2.75, 3.05) is 5.32 Å². The highest BCUT2D eigenvalue weighted by molar-refractivity contribution is 5.92. The number of carbonyl (C=O) groups is 1. The van der Waals surface area contributed by atoms with Crippen LogP contribution in [0.2, 0.25) is 0 Å². The lowest BCUT2D eigenvalue weighted by atomic mass is 10.1. The maximum Gasteiger partial charge on any atom is 0.228 e. The first kappa shape index (κ1) is 13.8. The molecule has 1 amide bonds. The molecule has 3 nitrogen and oxygen atoms in total. The van der Waals surface area contributed by atoms with Crippen molar-refractivity contribution in [3.8, 4) is 6.07 Å². The minimum atomic E-state index is -0.351. The first-order valence-electron chi connectivity index (χ1n) is 6.17. The highest BCUT2D eigenvalue weighted by Crippen LogP contribution is 2.11. The van der Waals surface area contributed by atoms with E-state index in [0.717, 1.165) is 5.56 Å². The van der Waals surface area contributed by atoms with Crippen LogP contribution < -0.4 is 5.32 Å². The third-order valence-electron chi connectivity index (χ3n) is 2.77. The minimum absolute atomic E-state index is 0.123. The fourth-order valence-corrected chi connectivity index (χ4v) is 1.83. The van der Waals surface area contributed by atoms with Crippen molar-refractivity contribution in [1.29, 1.82) is 5.26 Å². The number of carbonyl (C=O) groups excluding carboxylic acids is 1. The smallest absolute Gasteiger partial charge is 0.228 e. The summed E-state index contributed by atoms with van der Waals surface area (Å²) >= 11 is 0. The van der Waals surface area contributed by atoms with Gasteiger partial charge in [-0.05, 0) is 35.4 Å². The van der Waals surface area contributed by atoms with Crippen LogP contribution in [0.25, 0.3) is 0 Å². The predicted molar refractivity (Wildman–Crippen MR) is 74.5 cm³/mol. The number of amides is 1. The maximum atomic E-state index is 13.0. The van der Waals surface area contributed by atoms with Crippen LogP contribution in [-0.4, -0.2) is 5.91 Å². The Hall–Kier alpha value is -2.67. The Labute approximate surface area is 116 Å². The van der Waals surface area contributed by atoms with Crippen molar-refractivity contribution in [3.63, 3.8) is 0 Å². The second-order valence-corrected chi connectivity index (χ2v) is 4.39. The van der Waals surface area contributed by atoms with Crippen molar-refractivity contribution in [1.82, 2.24) is 0 Å². The number of nitrogens with one attached hydrogen (secondary N) is 1. The van der Waals surface area contributed by atoms with Gasteiger partial charge >= 0.3 is 0 Å². The van der Waals surface area contributed by atoms with Gasteiger partial charge in [-0.3, -0.25) is 4.79 Å². The summed E-state index contributed by atoms with van der Waals surface area (Å²) in [6, 6.07) is 15.1. The predicted octanol–water partition coefficient (Wildman–Crippen LogP) is 3.07. The number of nitrogens with zero attached hydrogens (tertiary/aromatic N) is 1. The summed E-state index contributed by atoms with van der Waals surface area (Å²) in [6.07, 6.45) is 0.467. The van der Waals surface area contributed by atoms with Crippen LogP contribution in [0.5, 0.6) is 0 Å². The van der Waals surface area contributed by atoms with Crippen molar-refractivity contribution in [2.24, 2.45) is 0 Å². The van der Waals surface area contributed by atoms with Gasteiger partial charge in [0.25, 0.3) is 0 Å². The number of hydrogen-bond donors (Lipinski definition) is 1. The van der Waals surface area contributed by atoms with E-state index < -0.39 is 0 Å². The van der Waals surface area contributed by atoms with E-state index in [4.69, 9.17) is 5.26 Å². The molecule has 0 aliphatic rings. The molecular weight excluding hydrogens is 255 g/mol. The summed E-state index contributed by atoms with van der Waals surface area (Å²) in [5.41, 5.74) is 2.19. The average Bonchev–Trinajstić information content (AvgIpc) is 2.41. The average molecular weight is 268 g/mol. The summed E-state index contributed by atoms with van der Waals surface area (Å²) < 4.78 is 13.0. The Balaban J connectivity index is 1.96. The van der Waals surface area contributed by atoms with Crippen LogP contribution in [0.3, 0.4) is 0 Å². The molecule has 2 aromatic carbocycles. The maximum absolute atomic E-state index is 13.0. The Bertz CT molecular complexity index is 644. The van der Waals surface area contributed by atoms with Gasteiger partial charge in [-0.15, -0.1) is 0 Å². The van der Waals surface area contributed by atoms with Gasteiger partial charge in [0.1, 0.15) is 5.82 Å². The fraction of sp³-hybridized carbons (Fsp3) is 0.125. The van der Waals surface area contributed by atoms with Crippen molar-refractivity contribution in [2.45, 2.75) is 12.8 Å². The van der Waals surface area contributed by atoms with Crippen molar-refractivity contribution >= 4 is 11.6 Å². The van der Waals surface area contributed by atoms with Crippen LogP contribution in [0.4, 0.5) is 10.1 Å².